The molecule has 1 aliphatic carbocycles. The zero-order chi connectivity index (χ0) is 16.0. The van der Waals surface area contributed by atoms with E-state index in [-0.39, 0.29) is 12.5 Å². The van der Waals surface area contributed by atoms with Gasteiger partial charge in [-0.2, -0.15) is 0 Å². The van der Waals surface area contributed by atoms with Crippen molar-refractivity contribution in [3.8, 4) is 0 Å². The lowest BCUT2D eigenvalue weighted by molar-refractivity contribution is -0.137. The molecule has 22 heavy (non-hydrogen) atoms. The second-order valence-corrected chi connectivity index (χ2v) is 7.42. The van der Waals surface area contributed by atoms with Gasteiger partial charge in [0.25, 0.3) is 0 Å². The Morgan fingerprint density at radius 2 is 1.91 bits per heavy atom. The average Bonchev–Trinajstić information content (AvgIpc) is 2.48. The van der Waals surface area contributed by atoms with Crippen molar-refractivity contribution < 1.29 is 9.90 Å². The molecule has 2 N–H and O–H groups in total. The summed E-state index contributed by atoms with van der Waals surface area (Å²) in [5.74, 6) is -0.704. The summed E-state index contributed by atoms with van der Waals surface area (Å²) in [6.45, 7) is 4.68. The lowest BCUT2D eigenvalue weighted by atomic mass is 9.75. The molecule has 0 aromatic heterocycles. The summed E-state index contributed by atoms with van der Waals surface area (Å²) in [4.78, 5) is 10.9. The van der Waals surface area contributed by atoms with Crippen LogP contribution in [0.3, 0.4) is 0 Å². The molecular weight excluding hydrogens is 274 g/mol. The van der Waals surface area contributed by atoms with E-state index in [0.29, 0.717) is 17.9 Å². The minimum Gasteiger partial charge on any atom is -0.481 e. The first-order chi connectivity index (χ1) is 10.4. The zero-order valence-corrected chi connectivity index (χ0v) is 13.8. The molecule has 0 saturated heterocycles. The molecule has 1 atom stereocenters. The highest BCUT2D eigenvalue weighted by Gasteiger charge is 2.28. The lowest BCUT2D eigenvalue weighted by Gasteiger charge is -2.36. The molecule has 0 radical (unpaired) electrons. The summed E-state index contributed by atoms with van der Waals surface area (Å²) in [6, 6.07) is 11.2. The van der Waals surface area contributed by atoms with Gasteiger partial charge in [0.1, 0.15) is 0 Å². The molecule has 0 spiro atoms. The van der Waals surface area contributed by atoms with Gasteiger partial charge in [0.15, 0.2) is 0 Å². The number of carboxylic acid groups (broad SMARTS) is 1. The predicted molar refractivity (Wildman–Crippen MR) is 90.0 cm³/mol. The van der Waals surface area contributed by atoms with Crippen molar-refractivity contribution in [1.82, 2.24) is 5.32 Å². The van der Waals surface area contributed by atoms with Crippen LogP contribution >= 0.6 is 0 Å². The van der Waals surface area contributed by atoms with Crippen LogP contribution in [0.5, 0.6) is 0 Å². The molecule has 1 saturated carbocycles. The fourth-order valence-electron chi connectivity index (χ4n) is 3.34. The Morgan fingerprint density at radius 3 is 2.50 bits per heavy atom. The maximum atomic E-state index is 10.9. The number of aliphatic carboxylic acids is 1. The number of hydrogen-bond donors (Lipinski definition) is 2. The Kier molecular flexibility index (Phi) is 6.01. The Hall–Kier alpha value is -1.35. The average molecular weight is 303 g/mol. The van der Waals surface area contributed by atoms with Crippen molar-refractivity contribution in [2.75, 3.05) is 0 Å². The van der Waals surface area contributed by atoms with E-state index in [9.17, 15) is 4.79 Å². The highest BCUT2D eigenvalue weighted by atomic mass is 16.4. The van der Waals surface area contributed by atoms with Crippen LogP contribution in [0.2, 0.25) is 0 Å². The first-order valence-electron chi connectivity index (χ1n) is 8.46. The third-order valence-corrected chi connectivity index (χ3v) is 4.84. The zero-order valence-electron chi connectivity index (χ0n) is 13.8. The highest BCUT2D eigenvalue weighted by Crippen LogP contribution is 2.35. The van der Waals surface area contributed by atoms with E-state index in [2.05, 4.69) is 31.3 Å². The molecule has 1 aliphatic rings. The van der Waals surface area contributed by atoms with Crippen LogP contribution in [0.1, 0.15) is 57.9 Å². The van der Waals surface area contributed by atoms with Gasteiger partial charge in [0, 0.05) is 18.5 Å². The molecule has 2 rings (SSSR count). The number of carboxylic acids is 1. The SMILES string of the molecule is CC1(C)CCC(NC(CCC(=O)O)Cc2ccccc2)CC1. The monoisotopic (exact) mass is 303 g/mol. The summed E-state index contributed by atoms with van der Waals surface area (Å²) in [5.41, 5.74) is 1.75. The van der Waals surface area contributed by atoms with Crippen LogP contribution in [-0.4, -0.2) is 23.2 Å². The molecule has 1 unspecified atom stereocenters. The molecular formula is C19H29NO2. The van der Waals surface area contributed by atoms with Gasteiger partial charge >= 0.3 is 5.97 Å². The van der Waals surface area contributed by atoms with E-state index in [1.165, 1.54) is 31.2 Å². The summed E-state index contributed by atoms with van der Waals surface area (Å²) in [5, 5.41) is 12.7. The third kappa shape index (κ3) is 5.80. The van der Waals surface area contributed by atoms with Crippen LogP contribution in [0.4, 0.5) is 0 Å². The first kappa shape index (κ1) is 17.0. The van der Waals surface area contributed by atoms with E-state index in [1.54, 1.807) is 0 Å². The molecule has 1 fully saturated rings. The fraction of sp³-hybridized carbons (Fsp3) is 0.632. The molecule has 122 valence electrons. The Morgan fingerprint density at radius 1 is 1.27 bits per heavy atom. The van der Waals surface area contributed by atoms with Crippen molar-refractivity contribution in [2.45, 2.75) is 70.9 Å². The van der Waals surface area contributed by atoms with Crippen LogP contribution in [0.25, 0.3) is 0 Å². The standard InChI is InChI=1S/C19H29NO2/c1-19(2)12-10-16(11-13-19)20-17(8-9-18(21)22)14-15-6-4-3-5-7-15/h3-7,16-17,20H,8-14H2,1-2H3,(H,21,22). The van der Waals surface area contributed by atoms with Gasteiger partial charge in [-0.25, -0.2) is 0 Å². The molecule has 3 heteroatoms. The minimum atomic E-state index is -0.704. The summed E-state index contributed by atoms with van der Waals surface area (Å²) < 4.78 is 0. The van der Waals surface area contributed by atoms with E-state index >= 15 is 0 Å². The second kappa shape index (κ2) is 7.77. The second-order valence-electron chi connectivity index (χ2n) is 7.42. The van der Waals surface area contributed by atoms with Crippen molar-refractivity contribution in [3.05, 3.63) is 35.9 Å². The quantitative estimate of drug-likeness (QED) is 0.800. The van der Waals surface area contributed by atoms with Gasteiger partial charge < -0.3 is 10.4 Å². The Balaban J connectivity index is 1.91. The highest BCUT2D eigenvalue weighted by molar-refractivity contribution is 5.66. The van der Waals surface area contributed by atoms with Crippen LogP contribution in [-0.2, 0) is 11.2 Å². The fourth-order valence-corrected chi connectivity index (χ4v) is 3.34. The minimum absolute atomic E-state index is 0.239. The van der Waals surface area contributed by atoms with Gasteiger partial charge in [0.2, 0.25) is 0 Å². The van der Waals surface area contributed by atoms with Crippen molar-refractivity contribution in [2.24, 2.45) is 5.41 Å². The van der Waals surface area contributed by atoms with E-state index < -0.39 is 5.97 Å². The molecule has 0 bridgehead atoms. The van der Waals surface area contributed by atoms with Gasteiger partial charge in [0.05, 0.1) is 0 Å². The van der Waals surface area contributed by atoms with Crippen molar-refractivity contribution in [1.29, 1.82) is 0 Å². The van der Waals surface area contributed by atoms with Gasteiger partial charge in [-0.3, -0.25) is 4.79 Å². The number of nitrogens with one attached hydrogen (secondary N) is 1. The molecule has 0 heterocycles. The normalized spacial score (nSPS) is 19.7. The van der Waals surface area contributed by atoms with E-state index in [1.807, 2.05) is 18.2 Å². The van der Waals surface area contributed by atoms with Crippen LogP contribution < -0.4 is 5.32 Å². The van der Waals surface area contributed by atoms with Crippen LogP contribution in [0, 0.1) is 5.41 Å². The smallest absolute Gasteiger partial charge is 0.303 e. The first-order valence-corrected chi connectivity index (χ1v) is 8.46. The van der Waals surface area contributed by atoms with Gasteiger partial charge in [-0.1, -0.05) is 44.2 Å². The van der Waals surface area contributed by atoms with E-state index in [4.69, 9.17) is 5.11 Å². The maximum Gasteiger partial charge on any atom is 0.303 e. The van der Waals surface area contributed by atoms with Gasteiger partial charge in [-0.05, 0) is 49.5 Å². The van der Waals surface area contributed by atoms with Crippen LogP contribution in [0.15, 0.2) is 30.3 Å². The molecule has 3 nitrogen and oxygen atoms in total. The van der Waals surface area contributed by atoms with E-state index in [0.717, 1.165) is 6.42 Å². The molecule has 1 aromatic rings. The topological polar surface area (TPSA) is 49.3 Å². The molecule has 0 amide bonds. The number of carbonyl (C=O) groups is 1. The van der Waals surface area contributed by atoms with Crippen molar-refractivity contribution >= 4 is 5.97 Å². The number of rotatable bonds is 7. The summed E-state index contributed by atoms with van der Waals surface area (Å²) in [7, 11) is 0. The molecule has 1 aromatic carbocycles. The van der Waals surface area contributed by atoms with Crippen molar-refractivity contribution in [3.63, 3.8) is 0 Å². The van der Waals surface area contributed by atoms with Gasteiger partial charge in [-0.15, -0.1) is 0 Å². The summed E-state index contributed by atoms with van der Waals surface area (Å²) in [6.07, 6.45) is 6.75. The largest absolute Gasteiger partial charge is 0.481 e. The maximum absolute atomic E-state index is 10.9. The Labute approximate surface area is 134 Å². The number of hydrogen-bond acceptors (Lipinski definition) is 2. The Bertz CT molecular complexity index is 460. The summed E-state index contributed by atoms with van der Waals surface area (Å²) >= 11 is 0. The number of benzene rings is 1. The third-order valence-electron chi connectivity index (χ3n) is 4.84. The predicted octanol–water partition coefficient (Wildman–Crippen LogP) is 4.02. The lowest BCUT2D eigenvalue weighted by Crippen LogP contribution is -2.43. The molecule has 0 aliphatic heterocycles.